The SMILES string of the molecule is Brc1ccc(-c2cccc3oc4ccccc4c23)c2ccccc12. The van der Waals surface area contributed by atoms with Gasteiger partial charge in [-0.15, -0.1) is 0 Å². The maximum atomic E-state index is 6.04. The van der Waals surface area contributed by atoms with Crippen molar-refractivity contribution in [1.29, 1.82) is 0 Å². The predicted octanol–water partition coefficient (Wildman–Crippen LogP) is 7.17. The average Bonchev–Trinajstić information content (AvgIpc) is 3.01. The predicted molar refractivity (Wildman–Crippen MR) is 104 cm³/mol. The van der Waals surface area contributed by atoms with Gasteiger partial charge in [0.2, 0.25) is 0 Å². The summed E-state index contributed by atoms with van der Waals surface area (Å²) in [5, 5.41) is 4.81. The molecule has 0 unspecified atom stereocenters. The smallest absolute Gasteiger partial charge is 0.136 e. The van der Waals surface area contributed by atoms with Crippen molar-refractivity contribution >= 4 is 48.6 Å². The molecule has 4 aromatic carbocycles. The fourth-order valence-corrected chi connectivity index (χ4v) is 3.97. The second-order valence-electron chi connectivity index (χ2n) is 5.92. The lowest BCUT2D eigenvalue weighted by Gasteiger charge is -2.10. The molecule has 0 amide bonds. The van der Waals surface area contributed by atoms with Crippen molar-refractivity contribution in [2.24, 2.45) is 0 Å². The molecule has 0 aliphatic carbocycles. The zero-order valence-electron chi connectivity index (χ0n) is 12.8. The Morgan fingerprint density at radius 2 is 1.25 bits per heavy atom. The summed E-state index contributed by atoms with van der Waals surface area (Å²) in [6, 6.07) is 27.3. The first kappa shape index (κ1) is 13.8. The number of benzene rings is 4. The van der Waals surface area contributed by atoms with Gasteiger partial charge in [0.15, 0.2) is 0 Å². The molecule has 5 aromatic rings. The minimum Gasteiger partial charge on any atom is -0.456 e. The third-order valence-corrected chi connectivity index (χ3v) is 5.26. The molecule has 0 spiro atoms. The van der Waals surface area contributed by atoms with E-state index >= 15 is 0 Å². The van der Waals surface area contributed by atoms with Crippen molar-refractivity contribution in [3.05, 3.63) is 83.3 Å². The van der Waals surface area contributed by atoms with Gasteiger partial charge in [-0.05, 0) is 40.1 Å². The minimum absolute atomic E-state index is 0.931. The standard InChI is InChI=1S/C22H13BrO/c23-19-13-12-15(14-6-1-2-7-16(14)19)17-9-5-11-21-22(17)18-8-3-4-10-20(18)24-21/h1-13H. The van der Waals surface area contributed by atoms with Crippen LogP contribution in [0.4, 0.5) is 0 Å². The molecule has 1 aromatic heterocycles. The maximum Gasteiger partial charge on any atom is 0.136 e. The summed E-state index contributed by atoms with van der Waals surface area (Å²) >= 11 is 3.67. The highest BCUT2D eigenvalue weighted by atomic mass is 79.9. The molecule has 0 aliphatic rings. The quantitative estimate of drug-likeness (QED) is 0.304. The van der Waals surface area contributed by atoms with E-state index in [2.05, 4.69) is 76.6 Å². The molecular weight excluding hydrogens is 360 g/mol. The highest BCUT2D eigenvalue weighted by Crippen LogP contribution is 2.40. The van der Waals surface area contributed by atoms with E-state index in [1.54, 1.807) is 0 Å². The first-order chi connectivity index (χ1) is 11.8. The van der Waals surface area contributed by atoms with Crippen LogP contribution in [0.25, 0.3) is 43.8 Å². The van der Waals surface area contributed by atoms with E-state index in [0.29, 0.717) is 0 Å². The second-order valence-corrected chi connectivity index (χ2v) is 6.77. The lowest BCUT2D eigenvalue weighted by atomic mass is 9.95. The summed E-state index contributed by atoms with van der Waals surface area (Å²) in [5.41, 5.74) is 4.30. The van der Waals surface area contributed by atoms with E-state index in [0.717, 1.165) is 21.0 Å². The van der Waals surface area contributed by atoms with Crippen LogP contribution in [0.1, 0.15) is 0 Å². The zero-order chi connectivity index (χ0) is 16.1. The summed E-state index contributed by atoms with van der Waals surface area (Å²) in [7, 11) is 0. The van der Waals surface area contributed by atoms with E-state index in [9.17, 15) is 0 Å². The summed E-state index contributed by atoms with van der Waals surface area (Å²) in [4.78, 5) is 0. The Labute approximate surface area is 147 Å². The maximum absolute atomic E-state index is 6.04. The van der Waals surface area contributed by atoms with Crippen LogP contribution in [0.2, 0.25) is 0 Å². The van der Waals surface area contributed by atoms with Gasteiger partial charge in [0.1, 0.15) is 11.2 Å². The van der Waals surface area contributed by atoms with Crippen molar-refractivity contribution in [2.75, 3.05) is 0 Å². The number of hydrogen-bond donors (Lipinski definition) is 0. The molecule has 0 radical (unpaired) electrons. The molecule has 0 N–H and O–H groups in total. The number of rotatable bonds is 1. The molecule has 0 fully saturated rings. The number of para-hydroxylation sites is 1. The average molecular weight is 373 g/mol. The van der Waals surface area contributed by atoms with Crippen LogP contribution in [0.15, 0.2) is 87.8 Å². The highest BCUT2D eigenvalue weighted by molar-refractivity contribution is 9.10. The molecule has 0 saturated carbocycles. The molecular formula is C22H13BrO. The van der Waals surface area contributed by atoms with E-state index < -0.39 is 0 Å². The van der Waals surface area contributed by atoms with Crippen LogP contribution in [-0.2, 0) is 0 Å². The van der Waals surface area contributed by atoms with Crippen LogP contribution in [0.5, 0.6) is 0 Å². The van der Waals surface area contributed by atoms with E-state index in [4.69, 9.17) is 4.42 Å². The number of hydrogen-bond acceptors (Lipinski definition) is 1. The Morgan fingerprint density at radius 3 is 2.12 bits per heavy atom. The molecule has 1 heterocycles. The van der Waals surface area contributed by atoms with Crippen molar-refractivity contribution in [2.45, 2.75) is 0 Å². The number of fused-ring (bicyclic) bond motifs is 4. The van der Waals surface area contributed by atoms with Gasteiger partial charge in [0, 0.05) is 15.2 Å². The van der Waals surface area contributed by atoms with Crippen LogP contribution in [0.3, 0.4) is 0 Å². The van der Waals surface area contributed by atoms with Gasteiger partial charge in [0.05, 0.1) is 0 Å². The van der Waals surface area contributed by atoms with E-state index in [1.165, 1.54) is 27.3 Å². The fraction of sp³-hybridized carbons (Fsp3) is 0. The summed E-state index contributed by atoms with van der Waals surface area (Å²) in [5.74, 6) is 0. The second kappa shape index (κ2) is 5.22. The highest BCUT2D eigenvalue weighted by Gasteiger charge is 2.14. The summed E-state index contributed by atoms with van der Waals surface area (Å²) < 4.78 is 7.16. The Bertz CT molecular complexity index is 1220. The third kappa shape index (κ3) is 1.93. The van der Waals surface area contributed by atoms with E-state index in [-0.39, 0.29) is 0 Å². The molecule has 2 heteroatoms. The van der Waals surface area contributed by atoms with Crippen LogP contribution in [0, 0.1) is 0 Å². The zero-order valence-corrected chi connectivity index (χ0v) is 14.4. The van der Waals surface area contributed by atoms with Gasteiger partial charge in [-0.1, -0.05) is 76.6 Å². The molecule has 0 atom stereocenters. The first-order valence-corrected chi connectivity index (χ1v) is 8.70. The third-order valence-electron chi connectivity index (χ3n) is 4.56. The lowest BCUT2D eigenvalue weighted by molar-refractivity contribution is 0.669. The van der Waals surface area contributed by atoms with Gasteiger partial charge in [-0.25, -0.2) is 0 Å². The van der Waals surface area contributed by atoms with Gasteiger partial charge in [-0.3, -0.25) is 0 Å². The Kier molecular flexibility index (Phi) is 3.00. The van der Waals surface area contributed by atoms with Gasteiger partial charge >= 0.3 is 0 Å². The molecule has 24 heavy (non-hydrogen) atoms. The topological polar surface area (TPSA) is 13.1 Å². The van der Waals surface area contributed by atoms with Crippen molar-refractivity contribution in [3.8, 4) is 11.1 Å². The first-order valence-electron chi connectivity index (χ1n) is 7.91. The van der Waals surface area contributed by atoms with Gasteiger partial charge in [0.25, 0.3) is 0 Å². The lowest BCUT2D eigenvalue weighted by Crippen LogP contribution is -1.83. The van der Waals surface area contributed by atoms with Crippen LogP contribution >= 0.6 is 15.9 Å². The molecule has 0 aliphatic heterocycles. The van der Waals surface area contributed by atoms with Crippen molar-refractivity contribution < 1.29 is 4.42 Å². The Morgan fingerprint density at radius 1 is 0.542 bits per heavy atom. The summed E-state index contributed by atoms with van der Waals surface area (Å²) in [6.07, 6.45) is 0. The molecule has 0 saturated heterocycles. The molecule has 114 valence electrons. The minimum atomic E-state index is 0.931. The normalized spacial score (nSPS) is 11.5. The number of halogens is 1. The fourth-order valence-electron chi connectivity index (χ4n) is 3.50. The van der Waals surface area contributed by atoms with Gasteiger partial charge < -0.3 is 4.42 Å². The number of furan rings is 1. The summed E-state index contributed by atoms with van der Waals surface area (Å²) in [6.45, 7) is 0. The van der Waals surface area contributed by atoms with E-state index in [1.807, 2.05) is 18.2 Å². The van der Waals surface area contributed by atoms with Crippen LogP contribution in [-0.4, -0.2) is 0 Å². The largest absolute Gasteiger partial charge is 0.456 e. The van der Waals surface area contributed by atoms with Crippen molar-refractivity contribution in [3.63, 3.8) is 0 Å². The Hall–Kier alpha value is -2.58. The van der Waals surface area contributed by atoms with Gasteiger partial charge in [-0.2, -0.15) is 0 Å². The molecule has 1 nitrogen and oxygen atoms in total. The van der Waals surface area contributed by atoms with Crippen molar-refractivity contribution in [1.82, 2.24) is 0 Å². The van der Waals surface area contributed by atoms with Crippen LogP contribution < -0.4 is 0 Å². The monoisotopic (exact) mass is 372 g/mol. The Balaban J connectivity index is 1.96. The molecule has 5 rings (SSSR count). The molecule has 0 bridgehead atoms.